The maximum atomic E-state index is 13.5. The molecule has 6 nitrogen and oxygen atoms in total. The molecule has 1 atom stereocenters. The number of rotatable bonds is 7. The van der Waals surface area contributed by atoms with Gasteiger partial charge >= 0.3 is 0 Å². The van der Waals surface area contributed by atoms with Gasteiger partial charge in [-0.25, -0.2) is 0 Å². The lowest BCUT2D eigenvalue weighted by Gasteiger charge is -2.26. The Hall–Kier alpha value is -4.58. The number of methoxy groups -OCH3 is 1. The standard InChI is InChI=1S/C31H27NO5/c1-3-19-37-24-15-11-21(12-16-24)28-27(29(33)26-10-6-8-20-7-4-5-9-25(20)26)30(34)31(35)32(28)22-13-17-23(36-2)18-14-22/h4-18,28,33H,3,19H2,1-2H3/b29-27-. The van der Waals surface area contributed by atoms with Crippen LogP contribution in [0.1, 0.15) is 30.5 Å². The van der Waals surface area contributed by atoms with E-state index in [-0.39, 0.29) is 11.3 Å². The molecule has 0 spiro atoms. The maximum Gasteiger partial charge on any atom is 0.300 e. The minimum atomic E-state index is -0.826. The van der Waals surface area contributed by atoms with Gasteiger partial charge < -0.3 is 14.6 Å². The molecule has 4 aromatic rings. The number of fused-ring (bicyclic) bond motifs is 1. The number of carbonyl (C=O) groups excluding carboxylic acids is 2. The Morgan fingerprint density at radius 1 is 0.865 bits per heavy atom. The molecule has 1 heterocycles. The van der Waals surface area contributed by atoms with Crippen molar-refractivity contribution in [2.75, 3.05) is 18.6 Å². The lowest BCUT2D eigenvalue weighted by molar-refractivity contribution is -0.132. The van der Waals surface area contributed by atoms with Crippen molar-refractivity contribution in [3.05, 3.63) is 108 Å². The summed E-state index contributed by atoms with van der Waals surface area (Å²) in [6.45, 7) is 2.62. The molecule has 0 aromatic heterocycles. The van der Waals surface area contributed by atoms with Crippen molar-refractivity contribution in [1.82, 2.24) is 0 Å². The van der Waals surface area contributed by atoms with Crippen LogP contribution in [0.2, 0.25) is 0 Å². The molecule has 0 radical (unpaired) electrons. The van der Waals surface area contributed by atoms with Crippen LogP contribution in [0, 0.1) is 0 Å². The Balaban J connectivity index is 1.69. The first kappa shape index (κ1) is 24.1. The van der Waals surface area contributed by atoms with Gasteiger partial charge in [-0.3, -0.25) is 14.5 Å². The van der Waals surface area contributed by atoms with Crippen molar-refractivity contribution in [1.29, 1.82) is 0 Å². The van der Waals surface area contributed by atoms with Crippen molar-refractivity contribution in [3.8, 4) is 11.5 Å². The zero-order chi connectivity index (χ0) is 25.9. The van der Waals surface area contributed by atoms with E-state index in [2.05, 4.69) is 0 Å². The highest BCUT2D eigenvalue weighted by molar-refractivity contribution is 6.51. The van der Waals surface area contributed by atoms with Gasteiger partial charge in [0.25, 0.3) is 11.7 Å². The Morgan fingerprint density at radius 3 is 2.24 bits per heavy atom. The highest BCUT2D eigenvalue weighted by Gasteiger charge is 2.47. The van der Waals surface area contributed by atoms with Gasteiger partial charge in [-0.15, -0.1) is 0 Å². The number of Topliss-reactive ketones (excluding diaryl/α,β-unsaturated/α-hetero) is 1. The zero-order valence-electron chi connectivity index (χ0n) is 20.7. The summed E-state index contributed by atoms with van der Waals surface area (Å²) in [5.41, 5.74) is 1.75. The van der Waals surface area contributed by atoms with Gasteiger partial charge in [0.1, 0.15) is 17.3 Å². The van der Waals surface area contributed by atoms with Crippen LogP contribution in [0.25, 0.3) is 16.5 Å². The number of aliphatic hydroxyl groups is 1. The number of ketones is 1. The fraction of sp³-hybridized carbons (Fsp3) is 0.161. The third kappa shape index (κ3) is 4.42. The Morgan fingerprint density at radius 2 is 1.54 bits per heavy atom. The molecular formula is C31H27NO5. The van der Waals surface area contributed by atoms with E-state index >= 15 is 0 Å². The summed E-state index contributed by atoms with van der Waals surface area (Å²) in [5, 5.41) is 13.3. The summed E-state index contributed by atoms with van der Waals surface area (Å²) >= 11 is 0. The van der Waals surface area contributed by atoms with Crippen molar-refractivity contribution < 1.29 is 24.2 Å². The Bertz CT molecular complexity index is 1480. The quantitative estimate of drug-likeness (QED) is 0.187. The van der Waals surface area contributed by atoms with Crippen LogP contribution in [0.3, 0.4) is 0 Å². The van der Waals surface area contributed by atoms with Crippen molar-refractivity contribution in [2.45, 2.75) is 19.4 Å². The van der Waals surface area contributed by atoms with Crippen molar-refractivity contribution in [2.24, 2.45) is 0 Å². The summed E-state index contributed by atoms with van der Waals surface area (Å²) in [4.78, 5) is 28.4. The largest absolute Gasteiger partial charge is 0.507 e. The lowest BCUT2D eigenvalue weighted by Crippen LogP contribution is -2.29. The van der Waals surface area contributed by atoms with Crippen LogP contribution < -0.4 is 14.4 Å². The molecule has 37 heavy (non-hydrogen) atoms. The molecule has 1 amide bonds. The first-order chi connectivity index (χ1) is 18.0. The Kier molecular flexibility index (Phi) is 6.64. The number of hydrogen-bond acceptors (Lipinski definition) is 5. The van der Waals surface area contributed by atoms with E-state index in [0.717, 1.165) is 17.2 Å². The van der Waals surface area contributed by atoms with E-state index in [1.165, 1.54) is 4.90 Å². The number of anilines is 1. The smallest absolute Gasteiger partial charge is 0.300 e. The van der Waals surface area contributed by atoms with Gasteiger partial charge in [0.2, 0.25) is 0 Å². The van der Waals surface area contributed by atoms with Gasteiger partial charge in [-0.1, -0.05) is 61.5 Å². The first-order valence-corrected chi connectivity index (χ1v) is 12.2. The summed E-state index contributed by atoms with van der Waals surface area (Å²) in [6, 6.07) is 26.5. The van der Waals surface area contributed by atoms with Gasteiger partial charge in [0.05, 0.1) is 25.3 Å². The summed E-state index contributed by atoms with van der Waals surface area (Å²) in [5.74, 6) is -0.325. The molecular weight excluding hydrogens is 466 g/mol. The average Bonchev–Trinajstić information content (AvgIpc) is 3.21. The Labute approximate surface area is 215 Å². The van der Waals surface area contributed by atoms with Gasteiger partial charge in [0, 0.05) is 11.3 Å². The number of hydrogen-bond donors (Lipinski definition) is 1. The minimum absolute atomic E-state index is 0.0411. The average molecular weight is 494 g/mol. The highest BCUT2D eigenvalue weighted by Crippen LogP contribution is 2.43. The molecule has 6 heteroatoms. The molecule has 1 aliphatic rings. The van der Waals surface area contributed by atoms with E-state index < -0.39 is 17.7 Å². The van der Waals surface area contributed by atoms with Crippen molar-refractivity contribution in [3.63, 3.8) is 0 Å². The number of aliphatic hydroxyl groups excluding tert-OH is 1. The van der Waals surface area contributed by atoms with Crippen LogP contribution in [-0.4, -0.2) is 30.5 Å². The molecule has 1 saturated heterocycles. The van der Waals surface area contributed by atoms with Crippen LogP contribution in [0.15, 0.2) is 96.6 Å². The number of carbonyl (C=O) groups is 2. The fourth-order valence-corrected chi connectivity index (χ4v) is 4.70. The maximum absolute atomic E-state index is 13.5. The second-order valence-corrected chi connectivity index (χ2v) is 8.81. The van der Waals surface area contributed by atoms with Crippen LogP contribution >= 0.6 is 0 Å². The molecule has 5 rings (SSSR count). The molecule has 0 bridgehead atoms. The summed E-state index contributed by atoms with van der Waals surface area (Å²) in [6.07, 6.45) is 0.879. The molecule has 0 saturated carbocycles. The van der Waals surface area contributed by atoms with E-state index in [4.69, 9.17) is 9.47 Å². The number of amides is 1. The van der Waals surface area contributed by atoms with Gasteiger partial charge in [0.15, 0.2) is 0 Å². The molecule has 1 N–H and O–H groups in total. The first-order valence-electron chi connectivity index (χ1n) is 12.2. The molecule has 1 aliphatic heterocycles. The van der Waals surface area contributed by atoms with Crippen molar-refractivity contribution >= 4 is 33.9 Å². The highest BCUT2D eigenvalue weighted by atomic mass is 16.5. The SMILES string of the molecule is CCCOc1ccc(C2/C(=C(/O)c3cccc4ccccc34)C(=O)C(=O)N2c2ccc(OC)cc2)cc1. The van der Waals surface area contributed by atoms with E-state index in [0.29, 0.717) is 34.9 Å². The third-order valence-electron chi connectivity index (χ3n) is 6.51. The number of benzene rings is 4. The summed E-state index contributed by atoms with van der Waals surface area (Å²) < 4.78 is 11.0. The summed E-state index contributed by atoms with van der Waals surface area (Å²) in [7, 11) is 1.56. The third-order valence-corrected chi connectivity index (χ3v) is 6.51. The predicted molar refractivity (Wildman–Crippen MR) is 144 cm³/mol. The van der Waals surface area contributed by atoms with Crippen LogP contribution in [0.5, 0.6) is 11.5 Å². The molecule has 0 aliphatic carbocycles. The van der Waals surface area contributed by atoms with Gasteiger partial charge in [-0.05, 0) is 59.2 Å². The minimum Gasteiger partial charge on any atom is -0.507 e. The van der Waals surface area contributed by atoms with Crippen LogP contribution in [-0.2, 0) is 9.59 Å². The monoisotopic (exact) mass is 493 g/mol. The van der Waals surface area contributed by atoms with Crippen LogP contribution in [0.4, 0.5) is 5.69 Å². The molecule has 186 valence electrons. The normalized spacial score (nSPS) is 16.8. The topological polar surface area (TPSA) is 76.1 Å². The van der Waals surface area contributed by atoms with E-state index in [1.54, 1.807) is 37.4 Å². The molecule has 4 aromatic carbocycles. The van der Waals surface area contributed by atoms with E-state index in [1.807, 2.05) is 67.6 Å². The fourth-order valence-electron chi connectivity index (χ4n) is 4.70. The van der Waals surface area contributed by atoms with E-state index in [9.17, 15) is 14.7 Å². The zero-order valence-corrected chi connectivity index (χ0v) is 20.7. The van der Waals surface area contributed by atoms with Gasteiger partial charge in [-0.2, -0.15) is 0 Å². The number of nitrogens with zero attached hydrogens (tertiary/aromatic N) is 1. The second-order valence-electron chi connectivity index (χ2n) is 8.81. The molecule has 1 fully saturated rings. The second kappa shape index (κ2) is 10.2. The lowest BCUT2D eigenvalue weighted by atomic mass is 9.93. The predicted octanol–water partition coefficient (Wildman–Crippen LogP) is 6.26. The number of ether oxygens (including phenoxy) is 2. The molecule has 1 unspecified atom stereocenters.